The molecule has 1 saturated heterocycles. The number of rotatable bonds is 6. The second-order valence-electron chi connectivity index (χ2n) is 6.51. The standard InChI is InChI=1S/C16H27N3OS/c1-2-7-16(8-10-17-11-9-16)15-18-14(19-20-15)12-21-13-5-3-4-6-13/h13,17H,2-12H2,1H3. The second kappa shape index (κ2) is 7.14. The van der Waals surface area contributed by atoms with E-state index in [-0.39, 0.29) is 5.41 Å². The Kier molecular flexibility index (Phi) is 5.22. The topological polar surface area (TPSA) is 51.0 Å². The summed E-state index contributed by atoms with van der Waals surface area (Å²) in [6.07, 6.45) is 10.1. The van der Waals surface area contributed by atoms with E-state index in [0.29, 0.717) is 0 Å². The van der Waals surface area contributed by atoms with E-state index in [9.17, 15) is 0 Å². The van der Waals surface area contributed by atoms with Gasteiger partial charge in [0.2, 0.25) is 5.89 Å². The van der Waals surface area contributed by atoms with Gasteiger partial charge in [0.05, 0.1) is 11.2 Å². The van der Waals surface area contributed by atoms with E-state index in [2.05, 4.69) is 17.4 Å². The molecule has 0 unspecified atom stereocenters. The summed E-state index contributed by atoms with van der Waals surface area (Å²) in [5.74, 6) is 2.71. The third-order valence-corrected chi connectivity index (χ3v) is 6.33. The van der Waals surface area contributed by atoms with Crippen LogP contribution in [0.3, 0.4) is 0 Å². The summed E-state index contributed by atoms with van der Waals surface area (Å²) in [6, 6.07) is 0. The van der Waals surface area contributed by atoms with Gasteiger partial charge in [0.1, 0.15) is 0 Å². The summed E-state index contributed by atoms with van der Waals surface area (Å²) in [7, 11) is 0. The van der Waals surface area contributed by atoms with E-state index in [1.807, 2.05) is 11.8 Å². The van der Waals surface area contributed by atoms with Crippen molar-refractivity contribution in [3.8, 4) is 0 Å². The zero-order chi connectivity index (χ0) is 14.5. The van der Waals surface area contributed by atoms with Gasteiger partial charge >= 0.3 is 0 Å². The van der Waals surface area contributed by atoms with Gasteiger partial charge in [-0.2, -0.15) is 16.7 Å². The van der Waals surface area contributed by atoms with Gasteiger partial charge in [-0.05, 0) is 45.2 Å². The maximum absolute atomic E-state index is 5.67. The highest BCUT2D eigenvalue weighted by Gasteiger charge is 2.38. The molecule has 1 aromatic heterocycles. The molecule has 2 fully saturated rings. The van der Waals surface area contributed by atoms with Crippen molar-refractivity contribution in [3.05, 3.63) is 11.7 Å². The summed E-state index contributed by atoms with van der Waals surface area (Å²) in [4.78, 5) is 4.76. The highest BCUT2D eigenvalue weighted by atomic mass is 32.2. The van der Waals surface area contributed by atoms with Gasteiger partial charge < -0.3 is 9.84 Å². The zero-order valence-electron chi connectivity index (χ0n) is 13.1. The minimum atomic E-state index is 0.128. The van der Waals surface area contributed by atoms with Crippen molar-refractivity contribution >= 4 is 11.8 Å². The first-order valence-corrected chi connectivity index (χ1v) is 9.53. The van der Waals surface area contributed by atoms with Crippen LogP contribution in [0.25, 0.3) is 0 Å². The van der Waals surface area contributed by atoms with Gasteiger partial charge in [0.25, 0.3) is 0 Å². The van der Waals surface area contributed by atoms with Crippen LogP contribution >= 0.6 is 11.8 Å². The van der Waals surface area contributed by atoms with Crippen LogP contribution in [-0.4, -0.2) is 28.5 Å². The molecule has 0 aromatic carbocycles. The Bertz CT molecular complexity index is 431. The molecule has 0 atom stereocenters. The molecular weight excluding hydrogens is 282 g/mol. The fraction of sp³-hybridized carbons (Fsp3) is 0.875. The van der Waals surface area contributed by atoms with E-state index < -0.39 is 0 Å². The average molecular weight is 309 g/mol. The van der Waals surface area contributed by atoms with E-state index >= 15 is 0 Å². The number of nitrogens with zero attached hydrogens (tertiary/aromatic N) is 2. The molecule has 0 radical (unpaired) electrons. The van der Waals surface area contributed by atoms with Crippen molar-refractivity contribution in [2.45, 2.75) is 74.7 Å². The highest BCUT2D eigenvalue weighted by molar-refractivity contribution is 7.99. The van der Waals surface area contributed by atoms with E-state index in [1.54, 1.807) is 0 Å². The fourth-order valence-electron chi connectivity index (χ4n) is 3.73. The van der Waals surface area contributed by atoms with Crippen LogP contribution in [0.2, 0.25) is 0 Å². The number of thioether (sulfide) groups is 1. The number of nitrogens with one attached hydrogen (secondary N) is 1. The van der Waals surface area contributed by atoms with Gasteiger partial charge in [-0.15, -0.1) is 0 Å². The van der Waals surface area contributed by atoms with Crippen LogP contribution in [0.15, 0.2) is 4.52 Å². The molecule has 2 heterocycles. The van der Waals surface area contributed by atoms with Gasteiger partial charge in [0, 0.05) is 5.25 Å². The first kappa shape index (κ1) is 15.3. The summed E-state index contributed by atoms with van der Waals surface area (Å²) in [6.45, 7) is 4.38. The van der Waals surface area contributed by atoms with Crippen LogP contribution < -0.4 is 5.32 Å². The molecule has 1 N–H and O–H groups in total. The van der Waals surface area contributed by atoms with E-state index in [0.717, 1.165) is 55.1 Å². The molecule has 0 spiro atoms. The van der Waals surface area contributed by atoms with Crippen molar-refractivity contribution in [2.75, 3.05) is 13.1 Å². The molecule has 2 aliphatic rings. The Balaban J connectivity index is 1.64. The molecule has 21 heavy (non-hydrogen) atoms. The Hall–Kier alpha value is -0.550. The average Bonchev–Trinajstić information content (AvgIpc) is 3.18. The van der Waals surface area contributed by atoms with Crippen LogP contribution in [0, 0.1) is 0 Å². The Morgan fingerprint density at radius 3 is 2.76 bits per heavy atom. The minimum absolute atomic E-state index is 0.128. The van der Waals surface area contributed by atoms with E-state index in [4.69, 9.17) is 9.51 Å². The second-order valence-corrected chi connectivity index (χ2v) is 7.80. The largest absolute Gasteiger partial charge is 0.339 e. The number of aromatic nitrogens is 2. The van der Waals surface area contributed by atoms with Gasteiger partial charge in [-0.25, -0.2) is 0 Å². The zero-order valence-corrected chi connectivity index (χ0v) is 13.9. The SMILES string of the molecule is CCCC1(c2nc(CSC3CCCC3)no2)CCNCC1. The van der Waals surface area contributed by atoms with Crippen LogP contribution in [-0.2, 0) is 11.2 Å². The molecule has 4 nitrogen and oxygen atoms in total. The highest BCUT2D eigenvalue weighted by Crippen LogP contribution is 2.37. The lowest BCUT2D eigenvalue weighted by atomic mass is 9.75. The first-order chi connectivity index (χ1) is 10.3. The lowest BCUT2D eigenvalue weighted by Gasteiger charge is -2.34. The normalized spacial score (nSPS) is 22.7. The summed E-state index contributed by atoms with van der Waals surface area (Å²) in [5, 5.41) is 8.51. The van der Waals surface area contributed by atoms with Crippen LogP contribution in [0.5, 0.6) is 0 Å². The number of hydrogen-bond donors (Lipinski definition) is 1. The molecule has 0 bridgehead atoms. The number of piperidine rings is 1. The summed E-state index contributed by atoms with van der Waals surface area (Å²) in [5.41, 5.74) is 0.128. The van der Waals surface area contributed by atoms with Crippen LogP contribution in [0.4, 0.5) is 0 Å². The molecule has 3 rings (SSSR count). The lowest BCUT2D eigenvalue weighted by Crippen LogP contribution is -2.40. The smallest absolute Gasteiger partial charge is 0.232 e. The van der Waals surface area contributed by atoms with Gasteiger partial charge in [0.15, 0.2) is 5.82 Å². The molecule has 1 aromatic rings. The van der Waals surface area contributed by atoms with Gasteiger partial charge in [-0.1, -0.05) is 31.3 Å². The third-order valence-electron chi connectivity index (χ3n) is 4.96. The molecule has 5 heteroatoms. The molecule has 1 aliphatic heterocycles. The Labute approximate surface area is 131 Å². The Morgan fingerprint density at radius 2 is 2.05 bits per heavy atom. The molecule has 1 saturated carbocycles. The van der Waals surface area contributed by atoms with Crippen molar-refractivity contribution in [2.24, 2.45) is 0 Å². The van der Waals surface area contributed by atoms with Crippen molar-refractivity contribution < 1.29 is 4.52 Å². The molecule has 118 valence electrons. The minimum Gasteiger partial charge on any atom is -0.339 e. The van der Waals surface area contributed by atoms with E-state index in [1.165, 1.54) is 32.1 Å². The van der Waals surface area contributed by atoms with Crippen molar-refractivity contribution in [1.82, 2.24) is 15.5 Å². The maximum Gasteiger partial charge on any atom is 0.232 e. The quantitative estimate of drug-likeness (QED) is 0.869. The molecule has 0 amide bonds. The predicted molar refractivity (Wildman–Crippen MR) is 86.5 cm³/mol. The fourth-order valence-corrected chi connectivity index (χ4v) is 4.90. The van der Waals surface area contributed by atoms with Crippen molar-refractivity contribution in [1.29, 1.82) is 0 Å². The molecular formula is C16H27N3OS. The number of hydrogen-bond acceptors (Lipinski definition) is 5. The van der Waals surface area contributed by atoms with Crippen LogP contribution in [0.1, 0.15) is 70.0 Å². The molecule has 1 aliphatic carbocycles. The van der Waals surface area contributed by atoms with Crippen molar-refractivity contribution in [3.63, 3.8) is 0 Å². The first-order valence-electron chi connectivity index (χ1n) is 8.48. The monoisotopic (exact) mass is 309 g/mol. The lowest BCUT2D eigenvalue weighted by molar-refractivity contribution is 0.208. The summed E-state index contributed by atoms with van der Waals surface area (Å²) < 4.78 is 5.67. The van der Waals surface area contributed by atoms with Gasteiger partial charge in [-0.3, -0.25) is 0 Å². The summed E-state index contributed by atoms with van der Waals surface area (Å²) >= 11 is 2.01. The Morgan fingerprint density at radius 1 is 1.29 bits per heavy atom. The maximum atomic E-state index is 5.67. The predicted octanol–water partition coefficient (Wildman–Crippen LogP) is 3.67. The third kappa shape index (κ3) is 3.62.